The SMILES string of the molecule is CC(=O)C(C(=O)OC(C)(C)C)C(O[Si](C)(C)C)c1ccc([N+](=O)[O-])cc1. The normalized spacial score (nSPS) is 14.4. The molecule has 1 rings (SSSR count). The maximum absolute atomic E-state index is 12.7. The van der Waals surface area contributed by atoms with Crippen molar-refractivity contribution in [1.29, 1.82) is 0 Å². The molecule has 0 aliphatic heterocycles. The van der Waals surface area contributed by atoms with Crippen LogP contribution in [0.1, 0.15) is 39.4 Å². The van der Waals surface area contributed by atoms with Gasteiger partial charge in [0.1, 0.15) is 17.3 Å². The summed E-state index contributed by atoms with van der Waals surface area (Å²) in [4.78, 5) is 35.3. The molecule has 2 atom stereocenters. The topological polar surface area (TPSA) is 95.7 Å². The van der Waals surface area contributed by atoms with Crippen molar-refractivity contribution in [3.8, 4) is 0 Å². The first-order chi connectivity index (χ1) is 11.7. The monoisotopic (exact) mass is 381 g/mol. The quantitative estimate of drug-likeness (QED) is 0.233. The molecule has 1 aromatic carbocycles. The van der Waals surface area contributed by atoms with E-state index in [9.17, 15) is 19.7 Å². The zero-order chi connectivity index (χ0) is 20.3. The number of carbonyl (C=O) groups excluding carboxylic acids is 2. The number of benzene rings is 1. The summed E-state index contributed by atoms with van der Waals surface area (Å²) in [5.41, 5.74) is -0.287. The minimum absolute atomic E-state index is 0.0721. The molecule has 26 heavy (non-hydrogen) atoms. The van der Waals surface area contributed by atoms with Crippen LogP contribution in [-0.4, -0.2) is 30.6 Å². The number of hydrogen-bond donors (Lipinski definition) is 0. The van der Waals surface area contributed by atoms with Gasteiger partial charge in [-0.05, 0) is 65.0 Å². The first-order valence-corrected chi connectivity index (χ1v) is 11.8. The van der Waals surface area contributed by atoms with E-state index in [0.717, 1.165) is 0 Å². The second kappa shape index (κ2) is 8.09. The molecule has 1 aromatic rings. The molecule has 0 heterocycles. The molecular weight excluding hydrogens is 354 g/mol. The third-order valence-electron chi connectivity index (χ3n) is 3.31. The number of esters is 1. The number of Topliss-reactive ketones (excluding diaryl/α,β-unsaturated/α-hetero) is 1. The summed E-state index contributed by atoms with van der Waals surface area (Å²) in [5, 5.41) is 10.9. The highest BCUT2D eigenvalue weighted by Crippen LogP contribution is 2.33. The molecule has 0 bridgehead atoms. The number of carbonyl (C=O) groups is 2. The Morgan fingerprint density at radius 1 is 1.12 bits per heavy atom. The molecule has 8 heteroatoms. The van der Waals surface area contributed by atoms with Gasteiger partial charge >= 0.3 is 5.97 Å². The van der Waals surface area contributed by atoms with Crippen LogP contribution >= 0.6 is 0 Å². The Morgan fingerprint density at radius 3 is 1.96 bits per heavy atom. The molecule has 2 unspecified atom stereocenters. The lowest BCUT2D eigenvalue weighted by Gasteiger charge is -2.32. The van der Waals surface area contributed by atoms with Crippen LogP contribution in [0.3, 0.4) is 0 Å². The van der Waals surface area contributed by atoms with Gasteiger partial charge in [-0.2, -0.15) is 0 Å². The van der Waals surface area contributed by atoms with Gasteiger partial charge in [0.15, 0.2) is 8.32 Å². The lowest BCUT2D eigenvalue weighted by Crippen LogP contribution is -2.40. The Hall–Kier alpha value is -2.06. The largest absolute Gasteiger partial charge is 0.459 e. The van der Waals surface area contributed by atoms with E-state index >= 15 is 0 Å². The average molecular weight is 382 g/mol. The molecule has 0 aromatic heterocycles. The van der Waals surface area contributed by atoms with Crippen molar-refractivity contribution in [2.45, 2.75) is 59.0 Å². The van der Waals surface area contributed by atoms with E-state index in [4.69, 9.17) is 9.16 Å². The van der Waals surface area contributed by atoms with Gasteiger partial charge in [0.25, 0.3) is 5.69 Å². The third kappa shape index (κ3) is 6.68. The molecule has 0 amide bonds. The van der Waals surface area contributed by atoms with E-state index in [0.29, 0.717) is 5.56 Å². The van der Waals surface area contributed by atoms with Gasteiger partial charge in [-0.15, -0.1) is 0 Å². The number of nitrogens with zero attached hydrogens (tertiary/aromatic N) is 1. The minimum atomic E-state index is -2.15. The van der Waals surface area contributed by atoms with Gasteiger partial charge in [-0.3, -0.25) is 19.7 Å². The van der Waals surface area contributed by atoms with Crippen LogP contribution < -0.4 is 0 Å². The number of hydrogen-bond acceptors (Lipinski definition) is 6. The summed E-state index contributed by atoms with van der Waals surface area (Å²) < 4.78 is 11.5. The standard InChI is InChI=1S/C18H27NO6Si/c1-12(20)15(17(21)24-18(2,3)4)16(25-26(5,6)7)13-8-10-14(11-9-13)19(22)23/h8-11,15-16H,1-7H3. The molecular formula is C18H27NO6Si. The molecule has 0 N–H and O–H groups in total. The highest BCUT2D eigenvalue weighted by molar-refractivity contribution is 6.69. The Morgan fingerprint density at radius 2 is 1.62 bits per heavy atom. The number of nitro benzene ring substituents is 1. The summed E-state index contributed by atoms with van der Waals surface area (Å²) in [5.74, 6) is -2.17. The number of ether oxygens (including phenoxy) is 1. The fraction of sp³-hybridized carbons (Fsp3) is 0.556. The van der Waals surface area contributed by atoms with E-state index in [1.807, 2.05) is 19.6 Å². The first-order valence-electron chi connectivity index (χ1n) is 8.37. The molecule has 0 saturated carbocycles. The van der Waals surface area contributed by atoms with Crippen molar-refractivity contribution in [3.05, 3.63) is 39.9 Å². The first kappa shape index (κ1) is 22.0. The zero-order valence-electron chi connectivity index (χ0n) is 16.4. The van der Waals surface area contributed by atoms with Crippen molar-refractivity contribution in [2.24, 2.45) is 5.92 Å². The molecule has 0 saturated heterocycles. The number of nitro groups is 1. The summed E-state index contributed by atoms with van der Waals surface area (Å²) >= 11 is 0. The highest BCUT2D eigenvalue weighted by Gasteiger charge is 2.39. The minimum Gasteiger partial charge on any atom is -0.459 e. The predicted molar refractivity (Wildman–Crippen MR) is 100 cm³/mol. The smallest absolute Gasteiger partial charge is 0.319 e. The summed E-state index contributed by atoms with van der Waals surface area (Å²) in [7, 11) is -2.15. The maximum atomic E-state index is 12.7. The number of non-ortho nitro benzene ring substituents is 1. The van der Waals surface area contributed by atoms with Crippen molar-refractivity contribution in [2.75, 3.05) is 0 Å². The molecule has 144 valence electrons. The molecule has 0 aliphatic carbocycles. The van der Waals surface area contributed by atoms with Crippen molar-refractivity contribution >= 4 is 25.8 Å². The summed E-state index contributed by atoms with van der Waals surface area (Å²) in [6.07, 6.45) is -0.852. The van der Waals surface area contributed by atoms with Crippen molar-refractivity contribution < 1.29 is 23.7 Å². The van der Waals surface area contributed by atoms with Gasteiger partial charge in [-0.1, -0.05) is 0 Å². The predicted octanol–water partition coefficient (Wildman–Crippen LogP) is 4.03. The van der Waals surface area contributed by atoms with E-state index in [1.165, 1.54) is 31.2 Å². The molecule has 0 spiro atoms. The maximum Gasteiger partial charge on any atom is 0.319 e. The van der Waals surface area contributed by atoms with Crippen LogP contribution in [0.25, 0.3) is 0 Å². The van der Waals surface area contributed by atoms with Crippen LogP contribution in [-0.2, 0) is 18.8 Å². The van der Waals surface area contributed by atoms with Crippen LogP contribution in [0.2, 0.25) is 19.6 Å². The van der Waals surface area contributed by atoms with Gasteiger partial charge < -0.3 is 9.16 Å². The second-order valence-electron chi connectivity index (χ2n) is 8.12. The third-order valence-corrected chi connectivity index (χ3v) is 4.28. The van der Waals surface area contributed by atoms with E-state index in [-0.39, 0.29) is 11.5 Å². The Bertz CT molecular complexity index is 672. The van der Waals surface area contributed by atoms with Gasteiger partial charge in [-0.25, -0.2) is 0 Å². The Kier molecular flexibility index (Phi) is 6.84. The summed E-state index contributed by atoms with van der Waals surface area (Å²) in [6, 6.07) is 5.71. The van der Waals surface area contributed by atoms with E-state index in [2.05, 4.69) is 0 Å². The second-order valence-corrected chi connectivity index (χ2v) is 12.6. The van der Waals surface area contributed by atoms with Crippen LogP contribution in [0, 0.1) is 16.0 Å². The van der Waals surface area contributed by atoms with E-state index < -0.39 is 36.8 Å². The van der Waals surface area contributed by atoms with Gasteiger partial charge in [0.05, 0.1) is 11.0 Å². The molecule has 0 aliphatic rings. The highest BCUT2D eigenvalue weighted by atomic mass is 28.4. The van der Waals surface area contributed by atoms with Crippen molar-refractivity contribution in [3.63, 3.8) is 0 Å². The van der Waals surface area contributed by atoms with Crippen LogP contribution in [0.15, 0.2) is 24.3 Å². The number of rotatable bonds is 7. The van der Waals surface area contributed by atoms with Crippen LogP contribution in [0.4, 0.5) is 5.69 Å². The summed E-state index contributed by atoms with van der Waals surface area (Å²) in [6.45, 7) is 12.3. The van der Waals surface area contributed by atoms with Crippen molar-refractivity contribution in [1.82, 2.24) is 0 Å². The lowest BCUT2D eigenvalue weighted by atomic mass is 9.92. The lowest BCUT2D eigenvalue weighted by molar-refractivity contribution is -0.384. The average Bonchev–Trinajstić information content (AvgIpc) is 2.42. The number of ketones is 1. The molecule has 0 radical (unpaired) electrons. The van der Waals surface area contributed by atoms with Gasteiger partial charge in [0, 0.05) is 12.1 Å². The molecule has 0 fully saturated rings. The fourth-order valence-electron chi connectivity index (χ4n) is 2.36. The zero-order valence-corrected chi connectivity index (χ0v) is 17.4. The van der Waals surface area contributed by atoms with E-state index in [1.54, 1.807) is 20.8 Å². The van der Waals surface area contributed by atoms with Gasteiger partial charge in [0.2, 0.25) is 0 Å². The molecule has 7 nitrogen and oxygen atoms in total. The Balaban J connectivity index is 3.34. The van der Waals surface area contributed by atoms with Crippen LogP contribution in [0.5, 0.6) is 0 Å². The Labute approximate surface area is 155 Å². The fourth-order valence-corrected chi connectivity index (χ4v) is 3.40.